The van der Waals surface area contributed by atoms with Crippen LogP contribution in [-0.4, -0.2) is 0 Å². The normalized spacial score (nSPS) is 11.2. The van der Waals surface area contributed by atoms with Gasteiger partial charge in [-0.3, -0.25) is 0 Å². The van der Waals surface area contributed by atoms with Crippen LogP contribution >= 0.6 is 11.3 Å². The van der Waals surface area contributed by atoms with Crippen molar-refractivity contribution >= 4 is 31.5 Å². The fraction of sp³-hybridized carbons (Fsp3) is 0. The summed E-state index contributed by atoms with van der Waals surface area (Å²) in [6.45, 7) is 0. The summed E-state index contributed by atoms with van der Waals surface area (Å²) in [7, 11) is 0. The molecule has 1 aromatic heterocycles. The van der Waals surface area contributed by atoms with Gasteiger partial charge in [0, 0.05) is 20.2 Å². The third kappa shape index (κ3) is 3.34. The molecule has 0 radical (unpaired) electrons. The van der Waals surface area contributed by atoms with Crippen LogP contribution in [-0.2, 0) is 0 Å². The van der Waals surface area contributed by atoms with Crippen molar-refractivity contribution in [2.75, 3.05) is 0 Å². The van der Waals surface area contributed by atoms with E-state index in [2.05, 4.69) is 121 Å². The molecule has 5 aromatic carbocycles. The van der Waals surface area contributed by atoms with Gasteiger partial charge in [0.15, 0.2) is 0 Å². The quantitative estimate of drug-likeness (QED) is 0.272. The second-order valence-electron chi connectivity index (χ2n) is 7.84. The molecule has 0 aliphatic carbocycles. The van der Waals surface area contributed by atoms with Gasteiger partial charge in [-0.25, -0.2) is 0 Å². The topological polar surface area (TPSA) is 0 Å². The van der Waals surface area contributed by atoms with Gasteiger partial charge >= 0.3 is 0 Å². The second kappa shape index (κ2) is 7.54. The summed E-state index contributed by atoms with van der Waals surface area (Å²) >= 11 is 1.87. The van der Waals surface area contributed by atoms with Gasteiger partial charge in [-0.2, -0.15) is 0 Å². The maximum Gasteiger partial charge on any atom is 0.0355 e. The van der Waals surface area contributed by atoms with Crippen LogP contribution in [0, 0.1) is 0 Å². The van der Waals surface area contributed by atoms with Gasteiger partial charge in [-0.05, 0) is 63.7 Å². The minimum atomic E-state index is 1.24. The number of hydrogen-bond acceptors (Lipinski definition) is 1. The average Bonchev–Trinajstić information content (AvgIpc) is 3.23. The molecule has 0 amide bonds. The van der Waals surface area contributed by atoms with Crippen LogP contribution in [0.15, 0.2) is 121 Å². The molecule has 0 saturated heterocycles. The Balaban J connectivity index is 1.43. The Morgan fingerprint density at radius 3 is 1.55 bits per heavy atom. The first-order valence-electron chi connectivity index (χ1n) is 10.5. The van der Waals surface area contributed by atoms with E-state index in [4.69, 9.17) is 0 Å². The van der Waals surface area contributed by atoms with Gasteiger partial charge in [0.2, 0.25) is 0 Å². The van der Waals surface area contributed by atoms with Crippen molar-refractivity contribution in [2.24, 2.45) is 0 Å². The Bertz CT molecular complexity index is 1520. The van der Waals surface area contributed by atoms with Crippen molar-refractivity contribution in [1.82, 2.24) is 0 Å². The van der Waals surface area contributed by atoms with Crippen LogP contribution in [0.2, 0.25) is 0 Å². The number of benzene rings is 5. The highest BCUT2D eigenvalue weighted by Crippen LogP contribution is 2.37. The molecule has 0 N–H and O–H groups in total. The molecule has 0 aliphatic rings. The molecule has 0 bridgehead atoms. The predicted molar refractivity (Wildman–Crippen MR) is 136 cm³/mol. The summed E-state index contributed by atoms with van der Waals surface area (Å²) in [6, 6.07) is 43.8. The molecule has 6 aromatic rings. The van der Waals surface area contributed by atoms with E-state index >= 15 is 0 Å². The monoisotopic (exact) mass is 412 g/mol. The smallest absolute Gasteiger partial charge is 0.0355 e. The fourth-order valence-electron chi connectivity index (χ4n) is 4.29. The van der Waals surface area contributed by atoms with E-state index in [1.54, 1.807) is 0 Å². The van der Waals surface area contributed by atoms with E-state index in [0.717, 1.165) is 0 Å². The van der Waals surface area contributed by atoms with Crippen LogP contribution in [0.1, 0.15) is 0 Å². The Morgan fingerprint density at radius 1 is 0.323 bits per heavy atom. The molecule has 0 aliphatic heterocycles. The summed E-state index contributed by atoms with van der Waals surface area (Å²) in [5.41, 5.74) is 7.48. The molecule has 146 valence electrons. The van der Waals surface area contributed by atoms with E-state index in [0.29, 0.717) is 0 Å². The van der Waals surface area contributed by atoms with Gasteiger partial charge < -0.3 is 0 Å². The molecule has 0 saturated carbocycles. The van der Waals surface area contributed by atoms with Crippen LogP contribution < -0.4 is 0 Å². The lowest BCUT2D eigenvalue weighted by atomic mass is 9.96. The van der Waals surface area contributed by atoms with Crippen LogP contribution in [0.5, 0.6) is 0 Å². The minimum Gasteiger partial charge on any atom is -0.135 e. The molecule has 0 fully saturated rings. The zero-order valence-electron chi connectivity index (χ0n) is 17.0. The Morgan fingerprint density at radius 2 is 0.839 bits per heavy atom. The van der Waals surface area contributed by atoms with Crippen molar-refractivity contribution < 1.29 is 0 Å². The zero-order chi connectivity index (χ0) is 20.6. The molecule has 0 spiro atoms. The lowest BCUT2D eigenvalue weighted by Gasteiger charge is -2.09. The predicted octanol–water partition coefficient (Wildman–Crippen LogP) is 9.06. The third-order valence-electron chi connectivity index (χ3n) is 5.88. The highest BCUT2D eigenvalue weighted by atomic mass is 32.1. The maximum atomic E-state index is 2.34. The first-order chi connectivity index (χ1) is 15.3. The van der Waals surface area contributed by atoms with Crippen molar-refractivity contribution in [1.29, 1.82) is 0 Å². The van der Waals surface area contributed by atoms with Crippen LogP contribution in [0.3, 0.4) is 0 Å². The largest absolute Gasteiger partial charge is 0.135 e. The van der Waals surface area contributed by atoms with Crippen LogP contribution in [0.25, 0.3) is 53.6 Å². The number of thiophene rings is 1. The summed E-state index contributed by atoms with van der Waals surface area (Å²) < 4.78 is 2.69. The second-order valence-corrected chi connectivity index (χ2v) is 8.92. The molecule has 31 heavy (non-hydrogen) atoms. The highest BCUT2D eigenvalue weighted by molar-refractivity contribution is 7.25. The van der Waals surface area contributed by atoms with Crippen molar-refractivity contribution in [3.8, 4) is 33.4 Å². The van der Waals surface area contributed by atoms with Gasteiger partial charge in [0.25, 0.3) is 0 Å². The first kappa shape index (κ1) is 18.1. The molecule has 0 atom stereocenters. The minimum absolute atomic E-state index is 1.24. The number of hydrogen-bond donors (Lipinski definition) is 0. The average molecular weight is 413 g/mol. The summed E-state index contributed by atoms with van der Waals surface area (Å²) in [5.74, 6) is 0. The molecule has 6 rings (SSSR count). The van der Waals surface area contributed by atoms with Crippen molar-refractivity contribution in [3.05, 3.63) is 121 Å². The molecular formula is C30H20S. The van der Waals surface area contributed by atoms with Crippen LogP contribution in [0.4, 0.5) is 0 Å². The van der Waals surface area contributed by atoms with Crippen molar-refractivity contribution in [3.63, 3.8) is 0 Å². The van der Waals surface area contributed by atoms with E-state index in [-0.39, 0.29) is 0 Å². The van der Waals surface area contributed by atoms with Gasteiger partial charge in [0.1, 0.15) is 0 Å². The van der Waals surface area contributed by atoms with E-state index in [1.807, 2.05) is 11.3 Å². The molecule has 0 nitrogen and oxygen atoms in total. The first-order valence-corrected chi connectivity index (χ1v) is 11.3. The third-order valence-corrected chi connectivity index (χ3v) is 7.03. The van der Waals surface area contributed by atoms with Gasteiger partial charge in [0.05, 0.1) is 0 Å². The number of fused-ring (bicyclic) bond motifs is 3. The summed E-state index contributed by atoms with van der Waals surface area (Å²) in [5, 5.41) is 2.69. The van der Waals surface area contributed by atoms with E-state index < -0.39 is 0 Å². The fourth-order valence-corrected chi connectivity index (χ4v) is 5.38. The van der Waals surface area contributed by atoms with Crippen molar-refractivity contribution in [2.45, 2.75) is 0 Å². The zero-order valence-corrected chi connectivity index (χ0v) is 17.8. The SMILES string of the molecule is c1ccc(-c2cccc(-c3cccc(-c4ccc5sc6ccccc6c5c4)c3)c2)cc1. The standard InChI is InChI=1S/C30H20S/c1-2-8-21(9-3-1)22-10-6-11-23(18-22)24-12-7-13-25(19-24)26-16-17-30-28(20-26)27-14-4-5-15-29(27)31-30/h1-20H. The molecule has 0 unspecified atom stereocenters. The maximum absolute atomic E-state index is 2.34. The summed E-state index contributed by atoms with van der Waals surface area (Å²) in [4.78, 5) is 0. The van der Waals surface area contributed by atoms with Gasteiger partial charge in [-0.15, -0.1) is 11.3 Å². The summed E-state index contributed by atoms with van der Waals surface area (Å²) in [6.07, 6.45) is 0. The Labute approximate surface area is 186 Å². The Hall–Kier alpha value is -3.68. The lowest BCUT2D eigenvalue weighted by molar-refractivity contribution is 1.58. The lowest BCUT2D eigenvalue weighted by Crippen LogP contribution is -1.83. The number of rotatable bonds is 3. The molecular weight excluding hydrogens is 392 g/mol. The Kier molecular flexibility index (Phi) is 4.40. The van der Waals surface area contributed by atoms with E-state index in [9.17, 15) is 0 Å². The highest BCUT2D eigenvalue weighted by Gasteiger charge is 2.08. The molecule has 1 heteroatoms. The van der Waals surface area contributed by atoms with Gasteiger partial charge in [-0.1, -0.05) is 91.0 Å². The molecule has 1 heterocycles. The van der Waals surface area contributed by atoms with E-state index in [1.165, 1.54) is 53.6 Å².